The molecule has 3 nitrogen and oxygen atoms in total. The lowest BCUT2D eigenvalue weighted by atomic mass is 9.89. The molecule has 2 unspecified atom stereocenters. The van der Waals surface area contributed by atoms with Crippen molar-refractivity contribution in [2.24, 2.45) is 5.92 Å². The third-order valence-corrected chi connectivity index (χ3v) is 5.21. The highest BCUT2D eigenvalue weighted by atomic mass is 15.2. The smallest absolute Gasteiger partial charge is 0.0252 e. The van der Waals surface area contributed by atoms with Crippen molar-refractivity contribution in [3.8, 4) is 0 Å². The SMILES string of the molecule is CCCCCC(CC)C(CN(CC)CC)N1CCNCC1. The van der Waals surface area contributed by atoms with Gasteiger partial charge in [-0.2, -0.15) is 0 Å². The minimum atomic E-state index is 0.758. The largest absolute Gasteiger partial charge is 0.314 e. The molecule has 0 aliphatic carbocycles. The minimum Gasteiger partial charge on any atom is -0.314 e. The summed E-state index contributed by atoms with van der Waals surface area (Å²) in [4.78, 5) is 5.39. The molecule has 2 atom stereocenters. The zero-order valence-electron chi connectivity index (χ0n) is 15.0. The molecule has 0 saturated carbocycles. The van der Waals surface area contributed by atoms with Gasteiger partial charge in [-0.1, -0.05) is 53.4 Å². The quantitative estimate of drug-likeness (QED) is 0.591. The standard InChI is InChI=1S/C18H39N3/c1-5-9-10-11-17(6-2)18(16-20(7-3)8-4)21-14-12-19-13-15-21/h17-19H,5-16H2,1-4H3. The average molecular weight is 298 g/mol. The van der Waals surface area contributed by atoms with Crippen molar-refractivity contribution in [2.75, 3.05) is 45.8 Å². The Morgan fingerprint density at radius 3 is 2.19 bits per heavy atom. The first-order chi connectivity index (χ1) is 10.3. The van der Waals surface area contributed by atoms with Crippen molar-refractivity contribution in [1.82, 2.24) is 15.1 Å². The maximum absolute atomic E-state index is 3.50. The van der Waals surface area contributed by atoms with Crippen LogP contribution in [0.15, 0.2) is 0 Å². The molecule has 0 aromatic rings. The summed E-state index contributed by atoms with van der Waals surface area (Å²) in [6.07, 6.45) is 6.90. The Kier molecular flexibility index (Phi) is 10.3. The Labute approximate surface area is 133 Å². The molecule has 1 saturated heterocycles. The Balaban J connectivity index is 2.66. The molecule has 0 spiro atoms. The Bertz CT molecular complexity index is 235. The number of nitrogens with one attached hydrogen (secondary N) is 1. The summed E-state index contributed by atoms with van der Waals surface area (Å²) in [6.45, 7) is 17.7. The van der Waals surface area contributed by atoms with Crippen LogP contribution >= 0.6 is 0 Å². The molecule has 0 radical (unpaired) electrons. The molecule has 1 heterocycles. The van der Waals surface area contributed by atoms with Crippen LogP contribution < -0.4 is 5.32 Å². The summed E-state index contributed by atoms with van der Waals surface area (Å²) in [6, 6.07) is 0.758. The summed E-state index contributed by atoms with van der Waals surface area (Å²) in [5.41, 5.74) is 0. The number of unbranched alkanes of at least 4 members (excludes halogenated alkanes) is 2. The van der Waals surface area contributed by atoms with E-state index in [0.29, 0.717) is 0 Å². The number of likely N-dealkylation sites (N-methyl/N-ethyl adjacent to an activating group) is 1. The van der Waals surface area contributed by atoms with E-state index in [1.54, 1.807) is 0 Å². The number of piperazine rings is 1. The van der Waals surface area contributed by atoms with Gasteiger partial charge in [-0.15, -0.1) is 0 Å². The number of rotatable bonds is 11. The summed E-state index contributed by atoms with van der Waals surface area (Å²) in [5.74, 6) is 0.871. The van der Waals surface area contributed by atoms with Gasteiger partial charge in [0, 0.05) is 38.8 Å². The monoisotopic (exact) mass is 297 g/mol. The lowest BCUT2D eigenvalue weighted by molar-refractivity contribution is 0.0809. The molecule has 0 bridgehead atoms. The van der Waals surface area contributed by atoms with Crippen LogP contribution in [-0.4, -0.2) is 61.7 Å². The molecular weight excluding hydrogens is 258 g/mol. The van der Waals surface area contributed by atoms with Crippen LogP contribution in [0.4, 0.5) is 0 Å². The van der Waals surface area contributed by atoms with Crippen molar-refractivity contribution in [2.45, 2.75) is 65.8 Å². The van der Waals surface area contributed by atoms with E-state index < -0.39 is 0 Å². The lowest BCUT2D eigenvalue weighted by Crippen LogP contribution is -2.54. The topological polar surface area (TPSA) is 18.5 Å². The molecule has 21 heavy (non-hydrogen) atoms. The molecule has 1 fully saturated rings. The van der Waals surface area contributed by atoms with Gasteiger partial charge in [-0.3, -0.25) is 4.90 Å². The van der Waals surface area contributed by atoms with E-state index in [1.165, 1.54) is 77.9 Å². The Morgan fingerprint density at radius 2 is 1.67 bits per heavy atom. The van der Waals surface area contributed by atoms with E-state index in [2.05, 4.69) is 42.8 Å². The van der Waals surface area contributed by atoms with Gasteiger partial charge in [0.15, 0.2) is 0 Å². The van der Waals surface area contributed by atoms with Gasteiger partial charge in [-0.05, 0) is 25.4 Å². The van der Waals surface area contributed by atoms with Gasteiger partial charge in [-0.25, -0.2) is 0 Å². The highest BCUT2D eigenvalue weighted by Crippen LogP contribution is 2.23. The van der Waals surface area contributed by atoms with E-state index in [0.717, 1.165) is 12.0 Å². The van der Waals surface area contributed by atoms with Crippen LogP contribution in [0.2, 0.25) is 0 Å². The second kappa shape index (κ2) is 11.4. The first-order valence-corrected chi connectivity index (χ1v) is 9.43. The molecular formula is C18H39N3. The van der Waals surface area contributed by atoms with Crippen LogP contribution in [-0.2, 0) is 0 Å². The van der Waals surface area contributed by atoms with Gasteiger partial charge in [0.2, 0.25) is 0 Å². The molecule has 1 N–H and O–H groups in total. The average Bonchev–Trinajstić information content (AvgIpc) is 2.54. The van der Waals surface area contributed by atoms with Crippen LogP contribution in [0.5, 0.6) is 0 Å². The molecule has 1 rings (SSSR count). The summed E-state index contributed by atoms with van der Waals surface area (Å²) in [5, 5.41) is 3.50. The maximum Gasteiger partial charge on any atom is 0.0252 e. The van der Waals surface area contributed by atoms with Gasteiger partial charge in [0.05, 0.1) is 0 Å². The zero-order chi connectivity index (χ0) is 15.5. The predicted octanol–water partition coefficient (Wildman–Crippen LogP) is 3.21. The highest BCUT2D eigenvalue weighted by molar-refractivity contribution is 4.84. The molecule has 0 amide bonds. The Hall–Kier alpha value is -0.120. The van der Waals surface area contributed by atoms with Gasteiger partial charge in [0.1, 0.15) is 0 Å². The fourth-order valence-electron chi connectivity index (χ4n) is 3.65. The van der Waals surface area contributed by atoms with Crippen molar-refractivity contribution < 1.29 is 0 Å². The molecule has 0 aromatic carbocycles. The van der Waals surface area contributed by atoms with Crippen LogP contribution in [0.3, 0.4) is 0 Å². The summed E-state index contributed by atoms with van der Waals surface area (Å²) < 4.78 is 0. The minimum absolute atomic E-state index is 0.758. The molecule has 1 aliphatic heterocycles. The first kappa shape index (κ1) is 18.9. The van der Waals surface area contributed by atoms with Crippen LogP contribution in [0.25, 0.3) is 0 Å². The highest BCUT2D eigenvalue weighted by Gasteiger charge is 2.28. The summed E-state index contributed by atoms with van der Waals surface area (Å²) >= 11 is 0. The van der Waals surface area contributed by atoms with Crippen LogP contribution in [0, 0.1) is 5.92 Å². The van der Waals surface area contributed by atoms with E-state index in [1.807, 2.05) is 0 Å². The zero-order valence-corrected chi connectivity index (χ0v) is 15.0. The van der Waals surface area contributed by atoms with Crippen LogP contribution in [0.1, 0.15) is 59.8 Å². The number of hydrogen-bond donors (Lipinski definition) is 1. The molecule has 3 heteroatoms. The molecule has 1 aliphatic rings. The summed E-state index contributed by atoms with van der Waals surface area (Å²) in [7, 11) is 0. The predicted molar refractivity (Wildman–Crippen MR) is 93.9 cm³/mol. The van der Waals surface area contributed by atoms with Crippen molar-refractivity contribution >= 4 is 0 Å². The van der Waals surface area contributed by atoms with Crippen molar-refractivity contribution in [1.29, 1.82) is 0 Å². The fourth-order valence-corrected chi connectivity index (χ4v) is 3.65. The van der Waals surface area contributed by atoms with Crippen molar-refractivity contribution in [3.05, 3.63) is 0 Å². The first-order valence-electron chi connectivity index (χ1n) is 9.43. The van der Waals surface area contributed by atoms with E-state index in [9.17, 15) is 0 Å². The number of hydrogen-bond acceptors (Lipinski definition) is 3. The van der Waals surface area contributed by atoms with E-state index in [-0.39, 0.29) is 0 Å². The van der Waals surface area contributed by atoms with Gasteiger partial charge >= 0.3 is 0 Å². The maximum atomic E-state index is 3.50. The van der Waals surface area contributed by atoms with Gasteiger partial charge in [0.25, 0.3) is 0 Å². The lowest BCUT2D eigenvalue weighted by Gasteiger charge is -2.41. The molecule has 126 valence electrons. The van der Waals surface area contributed by atoms with Crippen molar-refractivity contribution in [3.63, 3.8) is 0 Å². The second-order valence-electron chi connectivity index (χ2n) is 6.50. The normalized spacial score (nSPS) is 19.9. The third-order valence-electron chi connectivity index (χ3n) is 5.21. The fraction of sp³-hybridized carbons (Fsp3) is 1.00. The van der Waals surface area contributed by atoms with Gasteiger partial charge < -0.3 is 10.2 Å². The molecule has 0 aromatic heterocycles. The van der Waals surface area contributed by atoms with E-state index >= 15 is 0 Å². The Morgan fingerprint density at radius 1 is 1.00 bits per heavy atom. The number of nitrogens with zero attached hydrogens (tertiary/aromatic N) is 2. The van der Waals surface area contributed by atoms with E-state index in [4.69, 9.17) is 0 Å². The second-order valence-corrected chi connectivity index (χ2v) is 6.50. The third kappa shape index (κ3) is 6.66.